The SMILES string of the molecule is CC(C)(C)OC(=O)N1C[C@@H](C#N)C[C@H]1c1ncc(-c2ccc(B3OC(C)(C)C(C)(C)O3)cc2)[nH]1. The predicted octanol–water partition coefficient (Wildman–Crippen LogP) is 4.20. The molecule has 34 heavy (non-hydrogen) atoms. The highest BCUT2D eigenvalue weighted by atomic mass is 16.7. The molecule has 3 heterocycles. The minimum absolute atomic E-state index is 0.259. The van der Waals surface area contributed by atoms with E-state index in [1.54, 1.807) is 11.1 Å². The third kappa shape index (κ3) is 4.70. The Morgan fingerprint density at radius 2 is 1.82 bits per heavy atom. The number of ether oxygens (including phenoxy) is 1. The molecular formula is C25H33BN4O4. The van der Waals surface area contributed by atoms with Gasteiger partial charge in [-0.3, -0.25) is 4.90 Å². The molecule has 1 aromatic carbocycles. The van der Waals surface area contributed by atoms with Gasteiger partial charge in [-0.1, -0.05) is 24.3 Å². The summed E-state index contributed by atoms with van der Waals surface area (Å²) in [5, 5.41) is 9.45. The molecule has 1 aromatic heterocycles. The summed E-state index contributed by atoms with van der Waals surface area (Å²) >= 11 is 0. The van der Waals surface area contributed by atoms with Crippen molar-refractivity contribution in [1.29, 1.82) is 5.26 Å². The molecule has 2 aromatic rings. The Bertz CT molecular complexity index is 1080. The standard InChI is InChI=1S/C25H33BN4O4/c1-23(2,3)32-22(31)30-15-16(13-27)12-20(30)21-28-14-19(29-21)17-8-10-18(11-9-17)26-33-24(4,5)25(6,7)34-26/h8-11,14,16,20H,12,15H2,1-7H3,(H,28,29)/t16-,20+/m1/s1. The van der Waals surface area contributed by atoms with Crippen LogP contribution in [-0.2, 0) is 14.0 Å². The first-order valence-electron chi connectivity index (χ1n) is 11.7. The van der Waals surface area contributed by atoms with Gasteiger partial charge in [0.25, 0.3) is 0 Å². The van der Waals surface area contributed by atoms with Crippen LogP contribution in [0.3, 0.4) is 0 Å². The lowest BCUT2D eigenvalue weighted by Gasteiger charge is -2.32. The fourth-order valence-corrected chi connectivity index (χ4v) is 4.16. The molecule has 9 heteroatoms. The lowest BCUT2D eigenvalue weighted by atomic mass is 9.79. The number of nitrogens with one attached hydrogen (secondary N) is 1. The van der Waals surface area contributed by atoms with Crippen molar-refractivity contribution >= 4 is 18.7 Å². The van der Waals surface area contributed by atoms with E-state index in [-0.39, 0.29) is 12.0 Å². The van der Waals surface area contributed by atoms with Crippen LogP contribution in [0.5, 0.6) is 0 Å². The molecule has 0 spiro atoms. The van der Waals surface area contributed by atoms with Gasteiger partial charge in [-0.05, 0) is 65.9 Å². The van der Waals surface area contributed by atoms with Crippen LogP contribution in [0.1, 0.15) is 66.8 Å². The lowest BCUT2D eigenvalue weighted by Crippen LogP contribution is -2.41. The highest BCUT2D eigenvalue weighted by molar-refractivity contribution is 6.62. The molecule has 2 saturated heterocycles. The number of hydrogen-bond acceptors (Lipinski definition) is 6. The van der Waals surface area contributed by atoms with Crippen molar-refractivity contribution in [2.45, 2.75) is 77.7 Å². The molecule has 1 N–H and O–H groups in total. The minimum Gasteiger partial charge on any atom is -0.444 e. The van der Waals surface area contributed by atoms with Crippen LogP contribution in [0.15, 0.2) is 30.5 Å². The summed E-state index contributed by atoms with van der Waals surface area (Å²) in [6.07, 6.45) is 1.84. The molecule has 0 radical (unpaired) electrons. The van der Waals surface area contributed by atoms with Crippen molar-refractivity contribution < 1.29 is 18.8 Å². The Labute approximate surface area is 201 Å². The van der Waals surface area contributed by atoms with E-state index in [9.17, 15) is 10.1 Å². The Kier molecular flexibility index (Phi) is 6.03. The van der Waals surface area contributed by atoms with E-state index in [1.807, 2.05) is 72.7 Å². The number of H-pyrrole nitrogens is 1. The molecule has 2 aliphatic heterocycles. The number of amides is 1. The summed E-state index contributed by atoms with van der Waals surface area (Å²) in [5.41, 5.74) is 1.34. The molecule has 2 aliphatic rings. The Hall–Kier alpha value is -2.83. The first kappa shape index (κ1) is 24.3. The van der Waals surface area contributed by atoms with Gasteiger partial charge in [-0.25, -0.2) is 9.78 Å². The largest absolute Gasteiger partial charge is 0.494 e. The first-order chi connectivity index (χ1) is 15.8. The number of imidazole rings is 1. The number of nitriles is 1. The lowest BCUT2D eigenvalue weighted by molar-refractivity contribution is 0.00578. The summed E-state index contributed by atoms with van der Waals surface area (Å²) in [4.78, 5) is 22.3. The number of benzene rings is 1. The van der Waals surface area contributed by atoms with Gasteiger partial charge in [-0.15, -0.1) is 0 Å². The number of carbonyl (C=O) groups excluding carboxylic acids is 1. The van der Waals surface area contributed by atoms with E-state index in [2.05, 4.69) is 16.0 Å². The third-order valence-electron chi connectivity index (χ3n) is 6.77. The summed E-state index contributed by atoms with van der Waals surface area (Å²) in [6.45, 7) is 14.0. The van der Waals surface area contributed by atoms with Crippen LogP contribution in [0.2, 0.25) is 0 Å². The van der Waals surface area contributed by atoms with Gasteiger partial charge in [0.2, 0.25) is 0 Å². The quantitative estimate of drug-likeness (QED) is 0.684. The number of hydrogen-bond donors (Lipinski definition) is 1. The topological polar surface area (TPSA) is 100 Å². The number of aromatic nitrogens is 2. The second-order valence-corrected chi connectivity index (χ2v) is 11.1. The third-order valence-corrected chi connectivity index (χ3v) is 6.77. The van der Waals surface area contributed by atoms with Gasteiger partial charge in [0.05, 0.1) is 41.1 Å². The fraction of sp³-hybridized carbons (Fsp3) is 0.560. The molecule has 8 nitrogen and oxygen atoms in total. The normalized spacial score (nSPS) is 23.7. The summed E-state index contributed by atoms with van der Waals surface area (Å²) < 4.78 is 17.8. The van der Waals surface area contributed by atoms with E-state index >= 15 is 0 Å². The molecular weight excluding hydrogens is 431 g/mol. The van der Waals surface area contributed by atoms with Crippen LogP contribution in [-0.4, -0.2) is 51.4 Å². The molecule has 0 aliphatic carbocycles. The number of carbonyl (C=O) groups is 1. The zero-order valence-corrected chi connectivity index (χ0v) is 21.0. The molecule has 1 amide bonds. The van der Waals surface area contributed by atoms with E-state index in [1.165, 1.54) is 0 Å². The molecule has 0 saturated carbocycles. The van der Waals surface area contributed by atoms with Crippen molar-refractivity contribution in [3.63, 3.8) is 0 Å². The smallest absolute Gasteiger partial charge is 0.444 e. The highest BCUT2D eigenvalue weighted by Crippen LogP contribution is 2.37. The van der Waals surface area contributed by atoms with Crippen LogP contribution < -0.4 is 5.46 Å². The van der Waals surface area contributed by atoms with E-state index in [0.717, 1.165) is 16.7 Å². The molecule has 4 rings (SSSR count). The summed E-state index contributed by atoms with van der Waals surface area (Å²) in [7, 11) is -0.417. The minimum atomic E-state index is -0.612. The second-order valence-electron chi connectivity index (χ2n) is 11.1. The van der Waals surface area contributed by atoms with Crippen LogP contribution in [0.4, 0.5) is 4.79 Å². The molecule has 180 valence electrons. The number of nitrogens with zero attached hydrogens (tertiary/aromatic N) is 3. The van der Waals surface area contributed by atoms with Crippen molar-refractivity contribution in [1.82, 2.24) is 14.9 Å². The van der Waals surface area contributed by atoms with Crippen molar-refractivity contribution in [2.75, 3.05) is 6.54 Å². The Morgan fingerprint density at radius 1 is 1.21 bits per heavy atom. The Morgan fingerprint density at radius 3 is 2.38 bits per heavy atom. The first-order valence-corrected chi connectivity index (χ1v) is 11.7. The second kappa shape index (κ2) is 8.44. The zero-order chi connectivity index (χ0) is 24.9. The van der Waals surface area contributed by atoms with Crippen molar-refractivity contribution in [2.24, 2.45) is 5.92 Å². The average Bonchev–Trinajstić information content (AvgIpc) is 3.43. The van der Waals surface area contributed by atoms with E-state index in [4.69, 9.17) is 14.0 Å². The monoisotopic (exact) mass is 464 g/mol. The predicted molar refractivity (Wildman–Crippen MR) is 129 cm³/mol. The van der Waals surface area contributed by atoms with Crippen LogP contribution in [0, 0.1) is 17.2 Å². The van der Waals surface area contributed by atoms with E-state index in [0.29, 0.717) is 18.8 Å². The fourth-order valence-electron chi connectivity index (χ4n) is 4.16. The Balaban J connectivity index is 1.51. The van der Waals surface area contributed by atoms with Gasteiger partial charge < -0.3 is 19.0 Å². The maximum absolute atomic E-state index is 12.8. The molecule has 2 atom stereocenters. The van der Waals surface area contributed by atoms with Gasteiger partial charge in [0.15, 0.2) is 0 Å². The molecule has 0 bridgehead atoms. The van der Waals surface area contributed by atoms with Crippen molar-refractivity contribution in [3.8, 4) is 17.3 Å². The van der Waals surface area contributed by atoms with Gasteiger partial charge in [0, 0.05) is 6.54 Å². The van der Waals surface area contributed by atoms with Gasteiger partial charge >= 0.3 is 13.2 Å². The van der Waals surface area contributed by atoms with Gasteiger partial charge in [0.1, 0.15) is 11.4 Å². The molecule has 2 fully saturated rings. The summed E-state index contributed by atoms with van der Waals surface area (Å²) in [6, 6.07) is 9.92. The maximum atomic E-state index is 12.8. The highest BCUT2D eigenvalue weighted by Gasteiger charge is 2.51. The number of likely N-dealkylation sites (tertiary alicyclic amines) is 1. The van der Waals surface area contributed by atoms with E-state index < -0.39 is 30.0 Å². The van der Waals surface area contributed by atoms with Crippen molar-refractivity contribution in [3.05, 3.63) is 36.3 Å². The zero-order valence-electron chi connectivity index (χ0n) is 21.0. The van der Waals surface area contributed by atoms with Crippen LogP contribution >= 0.6 is 0 Å². The van der Waals surface area contributed by atoms with Crippen LogP contribution in [0.25, 0.3) is 11.3 Å². The number of rotatable bonds is 3. The van der Waals surface area contributed by atoms with Gasteiger partial charge in [-0.2, -0.15) is 5.26 Å². The molecule has 0 unspecified atom stereocenters. The average molecular weight is 464 g/mol. The summed E-state index contributed by atoms with van der Waals surface area (Å²) in [5.74, 6) is 0.388. The number of aromatic amines is 1. The maximum Gasteiger partial charge on any atom is 0.494 e.